The largest absolute Gasteiger partial charge is 0.450 e. The normalized spacial score (nSPS) is 17.5. The molecule has 0 spiro atoms. The van der Waals surface area contributed by atoms with Crippen molar-refractivity contribution in [3.63, 3.8) is 0 Å². The number of hydrogen-bond acceptors (Lipinski definition) is 5. The lowest BCUT2D eigenvalue weighted by Gasteiger charge is -2.35. The summed E-state index contributed by atoms with van der Waals surface area (Å²) in [4.78, 5) is 38.3. The van der Waals surface area contributed by atoms with Crippen LogP contribution < -0.4 is 5.43 Å². The number of benzene rings is 1. The molecule has 3 rings (SSSR count). The number of carbonyl (C=O) groups excluding carboxylic acids is 2. The van der Waals surface area contributed by atoms with E-state index >= 15 is 0 Å². The average Bonchev–Trinajstić information content (AvgIpc) is 2.65. The number of nitrogens with zero attached hydrogens (tertiary/aromatic N) is 1. The quantitative estimate of drug-likeness (QED) is 0.798. The summed E-state index contributed by atoms with van der Waals surface area (Å²) in [6.45, 7) is 2.40. The predicted octanol–water partition coefficient (Wildman–Crippen LogP) is 2.74. The molecule has 25 heavy (non-hydrogen) atoms. The second-order valence-electron chi connectivity index (χ2n) is 6.19. The first-order chi connectivity index (χ1) is 12.1. The Morgan fingerprint density at radius 3 is 2.88 bits per heavy atom. The van der Waals surface area contributed by atoms with Crippen LogP contribution in [0.15, 0.2) is 39.5 Å². The van der Waals surface area contributed by atoms with Crippen LogP contribution in [0.1, 0.15) is 43.2 Å². The van der Waals surface area contributed by atoms with Gasteiger partial charge in [-0.25, -0.2) is 4.79 Å². The van der Waals surface area contributed by atoms with E-state index in [9.17, 15) is 14.4 Å². The van der Waals surface area contributed by atoms with E-state index in [-0.39, 0.29) is 29.7 Å². The molecular formula is C19H21NO5. The molecule has 0 saturated carbocycles. The molecule has 1 aliphatic heterocycles. The molecule has 1 aliphatic rings. The summed E-state index contributed by atoms with van der Waals surface area (Å²) in [5.74, 6) is -1.20. The maximum atomic E-state index is 12.3. The van der Waals surface area contributed by atoms with Gasteiger partial charge in [-0.15, -0.1) is 0 Å². The zero-order chi connectivity index (χ0) is 17.8. The van der Waals surface area contributed by atoms with Gasteiger partial charge in [0.25, 0.3) is 5.91 Å². The standard InChI is InChI=1S/C19H21NO5/c1-2-13-7-5-6-10-20(13)18(22)12-24-19(23)17-11-15(21)14-8-3-4-9-16(14)25-17/h3-4,8-9,11,13H,2,5-7,10,12H2,1H3/t13-/m1/s1. The molecule has 1 aromatic heterocycles. The summed E-state index contributed by atoms with van der Waals surface area (Å²) in [6.07, 6.45) is 3.95. The van der Waals surface area contributed by atoms with Crippen molar-refractivity contribution in [3.8, 4) is 0 Å². The van der Waals surface area contributed by atoms with Crippen LogP contribution >= 0.6 is 0 Å². The molecular weight excluding hydrogens is 322 g/mol. The minimum absolute atomic E-state index is 0.192. The van der Waals surface area contributed by atoms with Crippen LogP contribution in [0, 0.1) is 0 Å². The number of hydrogen-bond donors (Lipinski definition) is 0. The zero-order valence-electron chi connectivity index (χ0n) is 14.2. The highest BCUT2D eigenvalue weighted by atomic mass is 16.5. The Hall–Kier alpha value is -2.63. The van der Waals surface area contributed by atoms with E-state index in [0.29, 0.717) is 17.5 Å². The molecule has 2 heterocycles. The van der Waals surface area contributed by atoms with E-state index < -0.39 is 5.97 Å². The van der Waals surface area contributed by atoms with Crippen LogP contribution in [0.3, 0.4) is 0 Å². The van der Waals surface area contributed by atoms with Crippen LogP contribution in [0.2, 0.25) is 0 Å². The van der Waals surface area contributed by atoms with Gasteiger partial charge in [-0.3, -0.25) is 9.59 Å². The Bertz CT molecular complexity index is 841. The van der Waals surface area contributed by atoms with Crippen molar-refractivity contribution in [2.45, 2.75) is 38.6 Å². The van der Waals surface area contributed by atoms with E-state index in [0.717, 1.165) is 31.7 Å². The number of amides is 1. The van der Waals surface area contributed by atoms with Crippen molar-refractivity contribution in [3.05, 3.63) is 46.3 Å². The highest BCUT2D eigenvalue weighted by molar-refractivity contribution is 5.90. The fraction of sp³-hybridized carbons (Fsp3) is 0.421. The topological polar surface area (TPSA) is 76.8 Å². The fourth-order valence-electron chi connectivity index (χ4n) is 3.24. The van der Waals surface area contributed by atoms with Gasteiger partial charge in [0, 0.05) is 18.7 Å². The molecule has 1 aromatic carbocycles. The molecule has 1 atom stereocenters. The first-order valence-electron chi connectivity index (χ1n) is 8.59. The van der Waals surface area contributed by atoms with Gasteiger partial charge < -0.3 is 14.1 Å². The third-order valence-electron chi connectivity index (χ3n) is 4.58. The molecule has 0 unspecified atom stereocenters. The van der Waals surface area contributed by atoms with Crippen molar-refractivity contribution in [1.29, 1.82) is 0 Å². The van der Waals surface area contributed by atoms with Crippen LogP contribution in [0.4, 0.5) is 0 Å². The molecule has 132 valence electrons. The molecule has 6 heteroatoms. The second kappa shape index (κ2) is 7.51. The predicted molar refractivity (Wildman–Crippen MR) is 92.4 cm³/mol. The fourth-order valence-corrected chi connectivity index (χ4v) is 3.24. The molecule has 0 bridgehead atoms. The maximum absolute atomic E-state index is 12.3. The summed E-state index contributed by atoms with van der Waals surface area (Å²) in [7, 11) is 0. The number of likely N-dealkylation sites (tertiary alicyclic amines) is 1. The number of ether oxygens (including phenoxy) is 1. The minimum Gasteiger partial charge on any atom is -0.450 e. The SMILES string of the molecule is CC[C@@H]1CCCCN1C(=O)COC(=O)c1cc(=O)c2ccccc2o1. The molecule has 0 aliphatic carbocycles. The van der Waals surface area contributed by atoms with Crippen LogP contribution in [0.5, 0.6) is 0 Å². The Morgan fingerprint density at radius 2 is 2.08 bits per heavy atom. The van der Waals surface area contributed by atoms with Crippen molar-refractivity contribution in [1.82, 2.24) is 4.90 Å². The monoisotopic (exact) mass is 343 g/mol. The Labute approximate surface area is 145 Å². The van der Waals surface area contributed by atoms with Crippen molar-refractivity contribution in [2.24, 2.45) is 0 Å². The summed E-state index contributed by atoms with van der Waals surface area (Å²) in [6, 6.07) is 7.98. The van der Waals surface area contributed by atoms with Gasteiger partial charge in [0.1, 0.15) is 5.58 Å². The Kier molecular flexibility index (Phi) is 5.16. The van der Waals surface area contributed by atoms with Crippen LogP contribution in [-0.2, 0) is 9.53 Å². The lowest BCUT2D eigenvalue weighted by molar-refractivity contribution is -0.138. The van der Waals surface area contributed by atoms with E-state index in [1.54, 1.807) is 29.2 Å². The van der Waals surface area contributed by atoms with Gasteiger partial charge >= 0.3 is 5.97 Å². The lowest BCUT2D eigenvalue weighted by Crippen LogP contribution is -2.45. The van der Waals surface area contributed by atoms with Gasteiger partial charge in [-0.2, -0.15) is 0 Å². The molecule has 0 radical (unpaired) electrons. The lowest BCUT2D eigenvalue weighted by atomic mass is 10.00. The molecule has 6 nitrogen and oxygen atoms in total. The summed E-state index contributed by atoms with van der Waals surface area (Å²) in [5.41, 5.74) is -0.00226. The second-order valence-corrected chi connectivity index (χ2v) is 6.19. The van der Waals surface area contributed by atoms with Gasteiger partial charge in [-0.05, 0) is 37.8 Å². The highest BCUT2D eigenvalue weighted by Crippen LogP contribution is 2.19. The van der Waals surface area contributed by atoms with Crippen molar-refractivity contribution < 1.29 is 18.7 Å². The molecule has 1 amide bonds. The Morgan fingerprint density at radius 1 is 1.28 bits per heavy atom. The van der Waals surface area contributed by atoms with Gasteiger partial charge in [0.05, 0.1) is 5.39 Å². The molecule has 1 fully saturated rings. The van der Waals surface area contributed by atoms with Gasteiger partial charge in [-0.1, -0.05) is 19.1 Å². The summed E-state index contributed by atoms with van der Waals surface area (Å²) >= 11 is 0. The number of esters is 1. The average molecular weight is 343 g/mol. The third kappa shape index (κ3) is 3.73. The maximum Gasteiger partial charge on any atom is 0.374 e. The number of rotatable bonds is 4. The summed E-state index contributed by atoms with van der Waals surface area (Å²) < 4.78 is 10.5. The van der Waals surface area contributed by atoms with Gasteiger partial charge in [0.15, 0.2) is 12.0 Å². The van der Waals surface area contributed by atoms with E-state index in [1.165, 1.54) is 0 Å². The molecule has 0 N–H and O–H groups in total. The summed E-state index contributed by atoms with van der Waals surface area (Å²) in [5, 5.41) is 0.397. The smallest absolute Gasteiger partial charge is 0.374 e. The number of fused-ring (bicyclic) bond motifs is 1. The number of carbonyl (C=O) groups is 2. The van der Waals surface area contributed by atoms with E-state index in [4.69, 9.17) is 9.15 Å². The van der Waals surface area contributed by atoms with Gasteiger partial charge in [0.2, 0.25) is 5.76 Å². The van der Waals surface area contributed by atoms with Crippen LogP contribution in [-0.4, -0.2) is 36.0 Å². The number of para-hydroxylation sites is 1. The van der Waals surface area contributed by atoms with E-state index in [1.807, 2.05) is 6.92 Å². The molecule has 2 aromatic rings. The molecule has 1 saturated heterocycles. The number of piperidine rings is 1. The van der Waals surface area contributed by atoms with Crippen molar-refractivity contribution in [2.75, 3.05) is 13.2 Å². The first-order valence-corrected chi connectivity index (χ1v) is 8.59. The van der Waals surface area contributed by atoms with Crippen LogP contribution in [0.25, 0.3) is 11.0 Å². The minimum atomic E-state index is -0.804. The third-order valence-corrected chi connectivity index (χ3v) is 4.58. The Balaban J connectivity index is 1.68. The zero-order valence-corrected chi connectivity index (χ0v) is 14.2. The van der Waals surface area contributed by atoms with E-state index in [2.05, 4.69) is 0 Å². The first kappa shape index (κ1) is 17.2. The highest BCUT2D eigenvalue weighted by Gasteiger charge is 2.26. The van der Waals surface area contributed by atoms with Crippen molar-refractivity contribution >= 4 is 22.8 Å².